The van der Waals surface area contributed by atoms with E-state index in [0.717, 1.165) is 10.7 Å². The Balaban J connectivity index is 2.26. The minimum absolute atomic E-state index is 0.0572. The zero-order chi connectivity index (χ0) is 15.6. The first-order chi connectivity index (χ1) is 9.80. The lowest BCUT2D eigenvalue weighted by molar-refractivity contribution is -0.138. The minimum Gasteiger partial charge on any atom is -0.378 e. The lowest BCUT2D eigenvalue weighted by Gasteiger charge is -2.14. The Bertz CT molecular complexity index is 713. The van der Waals surface area contributed by atoms with Crippen molar-refractivity contribution in [2.75, 3.05) is 5.32 Å². The molecular weight excluding hydrogens is 307 g/mol. The molecule has 1 aromatic heterocycles. The third kappa shape index (κ3) is 3.36. The quantitative estimate of drug-likeness (QED) is 0.946. The van der Waals surface area contributed by atoms with E-state index in [9.17, 15) is 18.0 Å². The summed E-state index contributed by atoms with van der Waals surface area (Å²) in [6.45, 7) is -0.121. The Morgan fingerprint density at radius 1 is 1.33 bits per heavy atom. The molecule has 0 bridgehead atoms. The topological polar surface area (TPSA) is 46.9 Å². The van der Waals surface area contributed by atoms with Crippen LogP contribution in [-0.2, 0) is 19.8 Å². The summed E-state index contributed by atoms with van der Waals surface area (Å²) in [5.74, 6) is 0. The molecule has 2 rings (SSSR count). The highest BCUT2D eigenvalue weighted by atomic mass is 35.5. The molecular formula is C13H11ClF3N3O. The SMILES string of the molecule is Cn1ncc(NCc2ccccc2C(F)(F)F)c(Cl)c1=O. The molecule has 8 heteroatoms. The van der Waals surface area contributed by atoms with E-state index in [1.807, 2.05) is 0 Å². The Morgan fingerprint density at radius 2 is 2.00 bits per heavy atom. The van der Waals surface area contributed by atoms with Gasteiger partial charge in [0.1, 0.15) is 5.02 Å². The summed E-state index contributed by atoms with van der Waals surface area (Å²) in [5.41, 5.74) is -1.00. The summed E-state index contributed by atoms with van der Waals surface area (Å²) >= 11 is 5.84. The van der Waals surface area contributed by atoms with E-state index in [4.69, 9.17) is 11.6 Å². The number of hydrogen-bond donors (Lipinski definition) is 1. The van der Waals surface area contributed by atoms with Gasteiger partial charge in [0.2, 0.25) is 0 Å². The molecule has 0 aliphatic carbocycles. The van der Waals surface area contributed by atoms with Gasteiger partial charge in [0.15, 0.2) is 0 Å². The zero-order valence-electron chi connectivity index (χ0n) is 10.9. The van der Waals surface area contributed by atoms with Gasteiger partial charge in [0, 0.05) is 13.6 Å². The number of halogens is 4. The predicted octanol–water partition coefficient (Wildman–Crippen LogP) is 3.06. The van der Waals surface area contributed by atoms with Crippen molar-refractivity contribution in [3.8, 4) is 0 Å². The first kappa shape index (κ1) is 15.4. The van der Waals surface area contributed by atoms with Crippen molar-refractivity contribution in [2.45, 2.75) is 12.7 Å². The van der Waals surface area contributed by atoms with E-state index in [2.05, 4.69) is 10.4 Å². The van der Waals surface area contributed by atoms with Gasteiger partial charge in [-0.15, -0.1) is 0 Å². The van der Waals surface area contributed by atoms with Gasteiger partial charge in [-0.05, 0) is 11.6 Å². The molecule has 0 radical (unpaired) electrons. The lowest BCUT2D eigenvalue weighted by atomic mass is 10.1. The molecule has 4 nitrogen and oxygen atoms in total. The fourth-order valence-corrected chi connectivity index (χ4v) is 2.01. The molecule has 1 heterocycles. The number of hydrogen-bond acceptors (Lipinski definition) is 3. The van der Waals surface area contributed by atoms with Crippen LogP contribution in [-0.4, -0.2) is 9.78 Å². The van der Waals surface area contributed by atoms with Crippen molar-refractivity contribution in [1.29, 1.82) is 0 Å². The molecule has 0 atom stereocenters. The normalized spacial score (nSPS) is 11.5. The summed E-state index contributed by atoms with van der Waals surface area (Å²) in [4.78, 5) is 11.6. The second-order valence-corrected chi connectivity index (χ2v) is 4.69. The molecule has 0 aliphatic heterocycles. The minimum atomic E-state index is -4.44. The van der Waals surface area contributed by atoms with E-state index < -0.39 is 17.3 Å². The van der Waals surface area contributed by atoms with E-state index in [1.165, 1.54) is 31.4 Å². The predicted molar refractivity (Wildman–Crippen MR) is 73.3 cm³/mol. The van der Waals surface area contributed by atoms with Crippen molar-refractivity contribution < 1.29 is 13.2 Å². The highest BCUT2D eigenvalue weighted by Crippen LogP contribution is 2.32. The second-order valence-electron chi connectivity index (χ2n) is 4.31. The fourth-order valence-electron chi connectivity index (χ4n) is 1.78. The van der Waals surface area contributed by atoms with Crippen molar-refractivity contribution >= 4 is 17.3 Å². The van der Waals surface area contributed by atoms with Crippen LogP contribution in [0.15, 0.2) is 35.3 Å². The molecule has 0 saturated heterocycles. The van der Waals surface area contributed by atoms with Crippen LogP contribution < -0.4 is 10.9 Å². The Morgan fingerprint density at radius 3 is 2.67 bits per heavy atom. The van der Waals surface area contributed by atoms with Crippen LogP contribution in [0.3, 0.4) is 0 Å². The number of nitrogens with zero attached hydrogens (tertiary/aromatic N) is 2. The van der Waals surface area contributed by atoms with Gasteiger partial charge in [-0.1, -0.05) is 29.8 Å². The molecule has 0 amide bonds. The molecule has 0 fully saturated rings. The van der Waals surface area contributed by atoms with Gasteiger partial charge in [0.05, 0.1) is 17.4 Å². The number of alkyl halides is 3. The van der Waals surface area contributed by atoms with Crippen LogP contribution >= 0.6 is 11.6 Å². The number of aryl methyl sites for hydroxylation is 1. The number of benzene rings is 1. The summed E-state index contributed by atoms with van der Waals surface area (Å²) in [6.07, 6.45) is -3.15. The van der Waals surface area contributed by atoms with Gasteiger partial charge < -0.3 is 5.32 Å². The first-order valence-electron chi connectivity index (χ1n) is 5.91. The number of rotatable bonds is 3. The van der Waals surface area contributed by atoms with E-state index >= 15 is 0 Å². The van der Waals surface area contributed by atoms with Crippen molar-refractivity contribution in [1.82, 2.24) is 9.78 Å². The standard InChI is InChI=1S/C13H11ClF3N3O/c1-20-12(21)11(14)10(7-19-20)18-6-8-4-2-3-5-9(8)13(15,16)17/h2-5,7,18H,6H2,1H3. The van der Waals surface area contributed by atoms with Crippen LogP contribution in [0.4, 0.5) is 18.9 Å². The Hall–Kier alpha value is -2.02. The first-order valence-corrected chi connectivity index (χ1v) is 6.29. The van der Waals surface area contributed by atoms with Gasteiger partial charge in [0.25, 0.3) is 5.56 Å². The van der Waals surface area contributed by atoms with Crippen LogP contribution in [0.25, 0.3) is 0 Å². The number of nitrogens with one attached hydrogen (secondary N) is 1. The molecule has 112 valence electrons. The summed E-state index contributed by atoms with van der Waals surface area (Å²) in [7, 11) is 1.43. The second kappa shape index (κ2) is 5.77. The molecule has 0 saturated carbocycles. The highest BCUT2D eigenvalue weighted by molar-refractivity contribution is 6.32. The zero-order valence-corrected chi connectivity index (χ0v) is 11.7. The van der Waals surface area contributed by atoms with E-state index in [0.29, 0.717) is 0 Å². The van der Waals surface area contributed by atoms with Crippen LogP contribution in [0, 0.1) is 0 Å². The fraction of sp³-hybridized carbons (Fsp3) is 0.231. The summed E-state index contributed by atoms with van der Waals surface area (Å²) in [6, 6.07) is 5.19. The molecule has 0 spiro atoms. The number of aromatic nitrogens is 2. The summed E-state index contributed by atoms with van der Waals surface area (Å²) < 4.78 is 39.6. The molecule has 1 N–H and O–H groups in total. The largest absolute Gasteiger partial charge is 0.416 e. The average molecular weight is 318 g/mol. The molecule has 1 aromatic carbocycles. The van der Waals surface area contributed by atoms with Gasteiger partial charge in [-0.2, -0.15) is 18.3 Å². The van der Waals surface area contributed by atoms with Crippen molar-refractivity contribution in [3.05, 3.63) is 57.0 Å². The van der Waals surface area contributed by atoms with Crippen LogP contribution in [0.2, 0.25) is 5.02 Å². The monoisotopic (exact) mass is 317 g/mol. The number of anilines is 1. The molecule has 0 aliphatic rings. The average Bonchev–Trinajstić information content (AvgIpc) is 2.43. The van der Waals surface area contributed by atoms with Crippen molar-refractivity contribution in [2.24, 2.45) is 7.05 Å². The molecule has 21 heavy (non-hydrogen) atoms. The molecule has 0 unspecified atom stereocenters. The smallest absolute Gasteiger partial charge is 0.378 e. The third-order valence-corrected chi connectivity index (χ3v) is 3.24. The van der Waals surface area contributed by atoms with Gasteiger partial charge >= 0.3 is 6.18 Å². The lowest BCUT2D eigenvalue weighted by Crippen LogP contribution is -2.21. The van der Waals surface area contributed by atoms with Crippen molar-refractivity contribution in [3.63, 3.8) is 0 Å². The maximum atomic E-state index is 12.9. The van der Waals surface area contributed by atoms with Gasteiger partial charge in [-0.3, -0.25) is 4.79 Å². The third-order valence-electron chi connectivity index (χ3n) is 2.87. The Kier molecular flexibility index (Phi) is 4.22. The summed E-state index contributed by atoms with van der Waals surface area (Å²) in [5, 5.41) is 6.35. The molecule has 2 aromatic rings. The van der Waals surface area contributed by atoms with Gasteiger partial charge in [-0.25, -0.2) is 4.68 Å². The van der Waals surface area contributed by atoms with Crippen LogP contribution in [0.5, 0.6) is 0 Å². The maximum absolute atomic E-state index is 12.9. The Labute approximate surface area is 123 Å². The van der Waals surface area contributed by atoms with Crippen LogP contribution in [0.1, 0.15) is 11.1 Å². The highest BCUT2D eigenvalue weighted by Gasteiger charge is 2.32. The van der Waals surface area contributed by atoms with E-state index in [1.54, 1.807) is 0 Å². The maximum Gasteiger partial charge on any atom is 0.416 e. The van der Waals surface area contributed by atoms with E-state index in [-0.39, 0.29) is 22.8 Å².